The van der Waals surface area contributed by atoms with Gasteiger partial charge in [0.25, 0.3) is 5.91 Å². The molecule has 3 aromatic carbocycles. The molecule has 0 saturated heterocycles. The number of allylic oxidation sites excluding steroid dienone is 2. The fraction of sp³-hybridized carbons (Fsp3) is 0.241. The highest BCUT2D eigenvalue weighted by Gasteiger charge is 2.37. The predicted molar refractivity (Wildman–Crippen MR) is 136 cm³/mol. The minimum Gasteiger partial charge on any atom is -0.397 e. The molecule has 2 atom stereocenters. The number of para-hydroxylation sites is 3. The summed E-state index contributed by atoms with van der Waals surface area (Å²) in [6.45, 7) is 4.22. The zero-order chi connectivity index (χ0) is 22.9. The lowest BCUT2D eigenvalue weighted by Gasteiger charge is -2.13. The zero-order valence-electron chi connectivity index (χ0n) is 19.1. The molecule has 0 heterocycles. The maximum Gasteiger partial charge on any atom is 0.255 e. The number of nitrogens with one attached hydrogen (secondary N) is 1. The van der Waals surface area contributed by atoms with Crippen LogP contribution in [-0.2, 0) is 6.42 Å². The summed E-state index contributed by atoms with van der Waals surface area (Å²) in [6.07, 6.45) is 5.48. The molecule has 0 radical (unpaired) electrons. The van der Waals surface area contributed by atoms with Crippen molar-refractivity contribution < 1.29 is 4.79 Å². The van der Waals surface area contributed by atoms with Crippen molar-refractivity contribution in [2.45, 2.75) is 39.0 Å². The molecule has 0 spiro atoms. The molecule has 0 fully saturated rings. The van der Waals surface area contributed by atoms with E-state index in [2.05, 4.69) is 49.5 Å². The lowest BCUT2D eigenvalue weighted by molar-refractivity contribution is 0.102. The van der Waals surface area contributed by atoms with E-state index in [1.807, 2.05) is 36.4 Å². The molecule has 0 aliphatic heterocycles. The van der Waals surface area contributed by atoms with E-state index < -0.39 is 0 Å². The molecule has 166 valence electrons. The topological polar surface area (TPSA) is 67.5 Å². The van der Waals surface area contributed by atoms with Crippen LogP contribution in [0.25, 0.3) is 0 Å². The van der Waals surface area contributed by atoms with E-state index in [9.17, 15) is 4.79 Å². The van der Waals surface area contributed by atoms with Gasteiger partial charge in [0.05, 0.1) is 17.1 Å². The first-order valence-electron chi connectivity index (χ1n) is 11.6. The quantitative estimate of drug-likeness (QED) is 0.260. The molecule has 0 bridgehead atoms. The van der Waals surface area contributed by atoms with E-state index >= 15 is 0 Å². The molecule has 33 heavy (non-hydrogen) atoms. The van der Waals surface area contributed by atoms with E-state index in [-0.39, 0.29) is 5.91 Å². The summed E-state index contributed by atoms with van der Waals surface area (Å²) in [4.78, 5) is 17.6. The fourth-order valence-electron chi connectivity index (χ4n) is 4.93. The Balaban J connectivity index is 1.24. The van der Waals surface area contributed by atoms with E-state index in [0.717, 1.165) is 30.7 Å². The Bertz CT molecular complexity index is 1290. The Morgan fingerprint density at radius 1 is 1.09 bits per heavy atom. The minimum atomic E-state index is -0.118. The van der Waals surface area contributed by atoms with Gasteiger partial charge in [0.1, 0.15) is 0 Å². The second-order valence-electron chi connectivity index (χ2n) is 9.18. The number of hydrogen-bond acceptors (Lipinski definition) is 3. The SMILES string of the molecule is CC(CC1=CC1C1CCc2cc(C(=O)Nc3ccccc3N)ccc21)=Nc1ccccc1C. The summed E-state index contributed by atoms with van der Waals surface area (Å²) in [7, 11) is 0. The van der Waals surface area contributed by atoms with Crippen molar-refractivity contribution in [3.63, 3.8) is 0 Å². The van der Waals surface area contributed by atoms with Crippen molar-refractivity contribution in [2.75, 3.05) is 11.1 Å². The number of rotatable bonds is 6. The largest absolute Gasteiger partial charge is 0.397 e. The molecule has 4 nitrogen and oxygen atoms in total. The monoisotopic (exact) mass is 435 g/mol. The van der Waals surface area contributed by atoms with Crippen molar-refractivity contribution in [2.24, 2.45) is 10.9 Å². The van der Waals surface area contributed by atoms with Gasteiger partial charge in [-0.05, 0) is 79.6 Å². The second-order valence-corrected chi connectivity index (χ2v) is 9.18. The highest BCUT2D eigenvalue weighted by molar-refractivity contribution is 6.05. The van der Waals surface area contributed by atoms with E-state index in [4.69, 9.17) is 10.7 Å². The normalized spacial score (nSPS) is 19.1. The smallest absolute Gasteiger partial charge is 0.255 e. The second kappa shape index (κ2) is 8.70. The number of fused-ring (bicyclic) bond motifs is 1. The number of carbonyl (C=O) groups excluding carboxylic acids is 1. The molecular weight excluding hydrogens is 406 g/mol. The van der Waals surface area contributed by atoms with Crippen LogP contribution in [0.3, 0.4) is 0 Å². The number of nitrogens with two attached hydrogens (primary N) is 1. The summed E-state index contributed by atoms with van der Waals surface area (Å²) < 4.78 is 0. The Morgan fingerprint density at radius 3 is 2.70 bits per heavy atom. The summed E-state index contributed by atoms with van der Waals surface area (Å²) in [5.74, 6) is 0.924. The number of amides is 1. The molecule has 5 rings (SSSR count). The third-order valence-corrected chi connectivity index (χ3v) is 6.77. The zero-order valence-corrected chi connectivity index (χ0v) is 19.1. The number of anilines is 2. The Labute approximate surface area is 195 Å². The molecule has 3 aromatic rings. The summed E-state index contributed by atoms with van der Waals surface area (Å²) in [6, 6.07) is 21.7. The van der Waals surface area contributed by atoms with Crippen molar-refractivity contribution >= 4 is 28.7 Å². The van der Waals surface area contributed by atoms with Gasteiger partial charge in [0, 0.05) is 23.6 Å². The summed E-state index contributed by atoms with van der Waals surface area (Å²) in [5, 5.41) is 2.93. The first-order chi connectivity index (χ1) is 16.0. The molecule has 0 aromatic heterocycles. The maximum atomic E-state index is 12.8. The Kier molecular flexibility index (Phi) is 5.59. The summed E-state index contributed by atoms with van der Waals surface area (Å²) in [5.41, 5.74) is 15.5. The van der Waals surface area contributed by atoms with E-state index in [1.54, 1.807) is 6.07 Å². The number of nitrogens with zero attached hydrogens (tertiary/aromatic N) is 1. The molecule has 4 heteroatoms. The van der Waals surface area contributed by atoms with Crippen molar-refractivity contribution in [3.8, 4) is 0 Å². The number of aliphatic imine (C=N–C) groups is 1. The van der Waals surface area contributed by atoms with Gasteiger partial charge in [-0.3, -0.25) is 9.79 Å². The van der Waals surface area contributed by atoms with E-state index in [1.165, 1.54) is 22.3 Å². The predicted octanol–water partition coefficient (Wildman–Crippen LogP) is 6.60. The van der Waals surface area contributed by atoms with Gasteiger partial charge in [0.15, 0.2) is 0 Å². The van der Waals surface area contributed by atoms with Gasteiger partial charge in [-0.15, -0.1) is 0 Å². The number of nitrogen functional groups attached to an aromatic ring is 1. The molecule has 0 saturated carbocycles. The molecule has 1 amide bonds. The third kappa shape index (κ3) is 4.47. The van der Waals surface area contributed by atoms with Crippen molar-refractivity contribution in [3.05, 3.63) is 101 Å². The van der Waals surface area contributed by atoms with Crippen molar-refractivity contribution in [1.82, 2.24) is 0 Å². The fourth-order valence-corrected chi connectivity index (χ4v) is 4.93. The highest BCUT2D eigenvalue weighted by atomic mass is 16.1. The average Bonchev–Trinajstić information content (AvgIpc) is 3.42. The standard InChI is InChI=1S/C29H29N3O/c1-18-7-3-5-9-27(18)31-19(2)15-22-17-25(22)24-14-11-20-16-21(12-13-23(20)24)29(33)32-28-10-6-4-8-26(28)30/h3-10,12-13,16-17,24-25H,11,14-15,30H2,1-2H3,(H,32,33). The van der Waals surface area contributed by atoms with Crippen LogP contribution in [0.2, 0.25) is 0 Å². The van der Waals surface area contributed by atoms with Gasteiger partial charge in [-0.2, -0.15) is 0 Å². The van der Waals surface area contributed by atoms with Crippen LogP contribution in [0.5, 0.6) is 0 Å². The number of carbonyl (C=O) groups is 1. The maximum absolute atomic E-state index is 12.8. The van der Waals surface area contributed by atoms with Gasteiger partial charge in [-0.25, -0.2) is 0 Å². The minimum absolute atomic E-state index is 0.118. The van der Waals surface area contributed by atoms with Gasteiger partial charge in [0.2, 0.25) is 0 Å². The van der Waals surface area contributed by atoms with Crippen LogP contribution >= 0.6 is 0 Å². The molecule has 2 aliphatic rings. The van der Waals surface area contributed by atoms with Crippen LogP contribution in [-0.4, -0.2) is 11.6 Å². The Hall–Kier alpha value is -3.66. The van der Waals surface area contributed by atoms with Crippen LogP contribution in [0.1, 0.15) is 52.7 Å². The third-order valence-electron chi connectivity index (χ3n) is 6.77. The summed E-state index contributed by atoms with van der Waals surface area (Å²) >= 11 is 0. The lowest BCUT2D eigenvalue weighted by Crippen LogP contribution is -2.13. The van der Waals surface area contributed by atoms with Gasteiger partial charge >= 0.3 is 0 Å². The molecule has 3 N–H and O–H groups in total. The van der Waals surface area contributed by atoms with Gasteiger partial charge in [-0.1, -0.05) is 48.0 Å². The van der Waals surface area contributed by atoms with Crippen LogP contribution in [0.4, 0.5) is 17.1 Å². The lowest BCUT2D eigenvalue weighted by atomic mass is 9.92. The van der Waals surface area contributed by atoms with Crippen LogP contribution in [0, 0.1) is 12.8 Å². The first kappa shape index (κ1) is 21.2. The van der Waals surface area contributed by atoms with E-state index in [0.29, 0.717) is 28.8 Å². The average molecular weight is 436 g/mol. The molecule has 2 unspecified atom stereocenters. The van der Waals surface area contributed by atoms with Crippen LogP contribution in [0.15, 0.2) is 83.4 Å². The first-order valence-corrected chi connectivity index (χ1v) is 11.6. The molecular formula is C29H29N3O. The number of benzene rings is 3. The highest BCUT2D eigenvalue weighted by Crippen LogP contribution is 2.50. The number of hydrogen-bond donors (Lipinski definition) is 2. The Morgan fingerprint density at radius 2 is 1.88 bits per heavy atom. The van der Waals surface area contributed by atoms with Gasteiger partial charge < -0.3 is 11.1 Å². The van der Waals surface area contributed by atoms with Crippen molar-refractivity contribution in [1.29, 1.82) is 0 Å². The van der Waals surface area contributed by atoms with Crippen LogP contribution < -0.4 is 11.1 Å². The molecule has 2 aliphatic carbocycles. The number of aryl methyl sites for hydroxylation is 2.